The number of methoxy groups -OCH3 is 1. The van der Waals surface area contributed by atoms with E-state index in [0.29, 0.717) is 31.3 Å². The molecule has 19 heavy (non-hydrogen) atoms. The van der Waals surface area contributed by atoms with E-state index >= 15 is 0 Å². The second kappa shape index (κ2) is 5.48. The molecule has 0 saturated carbocycles. The van der Waals surface area contributed by atoms with Gasteiger partial charge in [0.15, 0.2) is 0 Å². The zero-order valence-corrected chi connectivity index (χ0v) is 12.1. The van der Waals surface area contributed by atoms with Crippen molar-refractivity contribution in [1.82, 2.24) is 4.31 Å². The molecule has 0 amide bonds. The molecule has 0 aromatic heterocycles. The van der Waals surface area contributed by atoms with Gasteiger partial charge in [-0.1, -0.05) is 13.0 Å². The van der Waals surface area contributed by atoms with E-state index in [2.05, 4.69) is 6.92 Å². The molecule has 0 radical (unpaired) electrons. The molecule has 0 bridgehead atoms. The van der Waals surface area contributed by atoms with E-state index < -0.39 is 10.0 Å². The number of rotatable bonds is 4. The van der Waals surface area contributed by atoms with E-state index in [1.54, 1.807) is 18.2 Å². The molecule has 1 unspecified atom stereocenters. The molecule has 1 atom stereocenters. The Morgan fingerprint density at radius 1 is 1.47 bits per heavy atom. The third kappa shape index (κ3) is 2.75. The molecule has 1 aliphatic heterocycles. The van der Waals surface area contributed by atoms with Gasteiger partial charge < -0.3 is 10.5 Å². The Hall–Kier alpha value is -1.11. The van der Waals surface area contributed by atoms with Gasteiger partial charge >= 0.3 is 0 Å². The van der Waals surface area contributed by atoms with Crippen LogP contribution >= 0.6 is 0 Å². The van der Waals surface area contributed by atoms with Gasteiger partial charge in [-0.2, -0.15) is 4.31 Å². The fraction of sp³-hybridized carbons (Fsp3) is 0.538. The van der Waals surface area contributed by atoms with Crippen molar-refractivity contribution >= 4 is 10.0 Å². The molecule has 1 aliphatic rings. The van der Waals surface area contributed by atoms with E-state index in [9.17, 15) is 8.42 Å². The van der Waals surface area contributed by atoms with Crippen LogP contribution in [-0.2, 0) is 16.6 Å². The van der Waals surface area contributed by atoms with Crippen molar-refractivity contribution in [3.8, 4) is 5.75 Å². The first-order valence-electron chi connectivity index (χ1n) is 6.36. The third-order valence-electron chi connectivity index (χ3n) is 3.47. The fourth-order valence-corrected chi connectivity index (χ4v) is 4.02. The highest BCUT2D eigenvalue weighted by atomic mass is 32.2. The summed E-state index contributed by atoms with van der Waals surface area (Å²) in [5.74, 6) is 0.770. The Morgan fingerprint density at radius 2 is 2.21 bits per heavy atom. The lowest BCUT2D eigenvalue weighted by Gasteiger charge is -2.18. The summed E-state index contributed by atoms with van der Waals surface area (Å²) in [6.07, 6.45) is 0.905. The predicted molar refractivity (Wildman–Crippen MR) is 73.4 cm³/mol. The average molecular weight is 284 g/mol. The van der Waals surface area contributed by atoms with Crippen LogP contribution in [0.5, 0.6) is 5.75 Å². The summed E-state index contributed by atoms with van der Waals surface area (Å²) < 4.78 is 31.9. The van der Waals surface area contributed by atoms with E-state index in [1.165, 1.54) is 11.4 Å². The van der Waals surface area contributed by atoms with Crippen molar-refractivity contribution < 1.29 is 13.2 Å². The van der Waals surface area contributed by atoms with Crippen LogP contribution in [0.25, 0.3) is 0 Å². The van der Waals surface area contributed by atoms with Crippen LogP contribution in [0.2, 0.25) is 0 Å². The summed E-state index contributed by atoms with van der Waals surface area (Å²) in [5.41, 5.74) is 6.41. The Balaban J connectivity index is 2.40. The van der Waals surface area contributed by atoms with Crippen LogP contribution in [0.4, 0.5) is 0 Å². The molecule has 2 rings (SSSR count). The summed E-state index contributed by atoms with van der Waals surface area (Å²) in [7, 11) is -2.00. The van der Waals surface area contributed by atoms with Crippen LogP contribution in [0, 0.1) is 5.92 Å². The lowest BCUT2D eigenvalue weighted by molar-refractivity contribution is 0.397. The van der Waals surface area contributed by atoms with Crippen molar-refractivity contribution in [2.45, 2.75) is 24.8 Å². The molecular formula is C13H20N2O3S. The Labute approximate surface area is 114 Å². The highest BCUT2D eigenvalue weighted by Crippen LogP contribution is 2.30. The summed E-state index contributed by atoms with van der Waals surface area (Å²) in [6.45, 7) is 3.57. The number of hydrogen-bond acceptors (Lipinski definition) is 4. The topological polar surface area (TPSA) is 72.6 Å². The molecular weight excluding hydrogens is 264 g/mol. The smallest absolute Gasteiger partial charge is 0.246 e. The van der Waals surface area contributed by atoms with E-state index in [1.807, 2.05) is 0 Å². The summed E-state index contributed by atoms with van der Waals surface area (Å²) >= 11 is 0. The highest BCUT2D eigenvalue weighted by Gasteiger charge is 2.32. The monoisotopic (exact) mass is 284 g/mol. The summed E-state index contributed by atoms with van der Waals surface area (Å²) in [5, 5.41) is 0. The van der Waals surface area contributed by atoms with Gasteiger partial charge in [0.05, 0.1) is 7.11 Å². The number of hydrogen-bond donors (Lipinski definition) is 1. The minimum absolute atomic E-state index is 0.223. The first-order valence-corrected chi connectivity index (χ1v) is 7.80. The van der Waals surface area contributed by atoms with Gasteiger partial charge in [-0.3, -0.25) is 0 Å². The quantitative estimate of drug-likeness (QED) is 0.901. The maximum absolute atomic E-state index is 12.6. The normalized spacial score (nSPS) is 20.7. The second-order valence-corrected chi connectivity index (χ2v) is 6.85. The van der Waals surface area contributed by atoms with E-state index in [4.69, 9.17) is 10.5 Å². The van der Waals surface area contributed by atoms with Gasteiger partial charge in [0.1, 0.15) is 10.6 Å². The van der Waals surface area contributed by atoms with Crippen LogP contribution < -0.4 is 10.5 Å². The second-order valence-electron chi connectivity index (χ2n) is 4.95. The summed E-state index contributed by atoms with van der Waals surface area (Å²) in [6, 6.07) is 5.00. The number of sulfonamides is 1. The Morgan fingerprint density at radius 3 is 2.74 bits per heavy atom. The van der Waals surface area contributed by atoms with Crippen molar-refractivity contribution in [3.05, 3.63) is 23.8 Å². The first-order chi connectivity index (χ1) is 8.98. The molecule has 0 aliphatic carbocycles. The Kier molecular flexibility index (Phi) is 4.13. The Bertz CT molecular complexity index is 557. The zero-order chi connectivity index (χ0) is 14.0. The number of nitrogens with zero attached hydrogens (tertiary/aromatic N) is 1. The van der Waals surface area contributed by atoms with Crippen LogP contribution in [0.1, 0.15) is 18.9 Å². The number of benzene rings is 1. The highest BCUT2D eigenvalue weighted by molar-refractivity contribution is 7.89. The van der Waals surface area contributed by atoms with Gasteiger partial charge in [-0.15, -0.1) is 0 Å². The molecule has 2 N–H and O–H groups in total. The fourth-order valence-electron chi connectivity index (χ4n) is 2.30. The van der Waals surface area contributed by atoms with Crippen molar-refractivity contribution in [2.24, 2.45) is 11.7 Å². The van der Waals surface area contributed by atoms with Gasteiger partial charge in [-0.05, 0) is 30.0 Å². The maximum Gasteiger partial charge on any atom is 0.246 e. The predicted octanol–water partition coefficient (Wildman–Crippen LogP) is 1.18. The molecule has 1 heterocycles. The van der Waals surface area contributed by atoms with Gasteiger partial charge in [0.25, 0.3) is 0 Å². The lowest BCUT2D eigenvalue weighted by atomic mass is 10.2. The SMILES string of the molecule is COc1cc(CN)ccc1S(=O)(=O)N1CCC(C)C1. The largest absolute Gasteiger partial charge is 0.495 e. The molecule has 1 aromatic rings. The van der Waals surface area contributed by atoms with E-state index in [-0.39, 0.29) is 4.90 Å². The summed E-state index contributed by atoms with van der Waals surface area (Å²) in [4.78, 5) is 0.223. The minimum Gasteiger partial charge on any atom is -0.495 e. The molecule has 1 saturated heterocycles. The molecule has 1 aromatic carbocycles. The zero-order valence-electron chi connectivity index (χ0n) is 11.3. The minimum atomic E-state index is -3.47. The third-order valence-corrected chi connectivity index (χ3v) is 5.37. The maximum atomic E-state index is 12.6. The van der Waals surface area contributed by atoms with Gasteiger partial charge in [0, 0.05) is 19.6 Å². The first kappa shape index (κ1) is 14.3. The standard InChI is InChI=1S/C13H20N2O3S/c1-10-5-6-15(9-10)19(16,17)13-4-3-11(8-14)7-12(13)18-2/h3-4,7,10H,5-6,8-9,14H2,1-2H3. The van der Waals surface area contributed by atoms with Crippen molar-refractivity contribution in [2.75, 3.05) is 20.2 Å². The molecule has 6 heteroatoms. The average Bonchev–Trinajstić information content (AvgIpc) is 2.85. The van der Waals surface area contributed by atoms with Crippen LogP contribution in [-0.4, -0.2) is 32.9 Å². The molecule has 1 fully saturated rings. The van der Waals surface area contributed by atoms with Gasteiger partial charge in [-0.25, -0.2) is 8.42 Å². The van der Waals surface area contributed by atoms with E-state index in [0.717, 1.165) is 12.0 Å². The molecule has 5 nitrogen and oxygen atoms in total. The molecule has 106 valence electrons. The van der Waals surface area contributed by atoms with Gasteiger partial charge in [0.2, 0.25) is 10.0 Å². The number of nitrogens with two attached hydrogens (primary N) is 1. The van der Waals surface area contributed by atoms with Crippen molar-refractivity contribution in [1.29, 1.82) is 0 Å². The van der Waals surface area contributed by atoms with Crippen molar-refractivity contribution in [3.63, 3.8) is 0 Å². The molecule has 0 spiro atoms. The van der Waals surface area contributed by atoms with Crippen LogP contribution in [0.15, 0.2) is 23.1 Å². The van der Waals surface area contributed by atoms with Crippen LogP contribution in [0.3, 0.4) is 0 Å². The number of ether oxygens (including phenoxy) is 1. The lowest BCUT2D eigenvalue weighted by Crippen LogP contribution is -2.29.